The number of ether oxygens (including phenoxy) is 6. The number of ketones is 2. The highest BCUT2D eigenvalue weighted by Gasteiger charge is 2.56. The number of carbonyl (C=O) groups is 4. The molecular weight excluding hydrogens is 940 g/mol. The molecule has 14 atom stereocenters. The molecule has 15 nitrogen and oxygen atoms in total. The van der Waals surface area contributed by atoms with Crippen molar-refractivity contribution < 1.29 is 71.0 Å². The molecule has 6 rings (SSSR count). The van der Waals surface area contributed by atoms with E-state index in [2.05, 4.69) is 9.97 Å². The lowest BCUT2D eigenvalue weighted by Gasteiger charge is -2.47. The summed E-state index contributed by atoms with van der Waals surface area (Å²) in [6, 6.07) is 3.79. The monoisotopic (exact) mass is 1020 g/mol. The lowest BCUT2D eigenvalue weighted by Crippen LogP contribution is -2.64. The number of esters is 1. The summed E-state index contributed by atoms with van der Waals surface area (Å²) in [5, 5.41) is 24.0. The zero-order valence-corrected chi connectivity index (χ0v) is 43.2. The van der Waals surface area contributed by atoms with E-state index in [0.717, 1.165) is 17.7 Å². The van der Waals surface area contributed by atoms with Gasteiger partial charge in [-0.25, -0.2) is 9.78 Å². The Balaban J connectivity index is 1.25. The Bertz CT molecular complexity index is 2250. The smallest absolute Gasteiger partial charge is 0.416 e. The number of methoxy groups -OCH3 is 3. The number of nitrogens with one attached hydrogen (secondary N) is 1. The van der Waals surface area contributed by atoms with Crippen LogP contribution in [0, 0.1) is 29.6 Å². The lowest BCUT2D eigenvalue weighted by atomic mass is 9.81. The first-order chi connectivity index (χ1) is 34.1. The largest absolute Gasteiger partial charge is 0.456 e. The van der Waals surface area contributed by atoms with Crippen molar-refractivity contribution in [3.63, 3.8) is 0 Å². The van der Waals surface area contributed by atoms with Gasteiger partial charge in [0.15, 0.2) is 0 Å². The normalized spacial score (nSPS) is 35.2. The zero-order valence-electron chi connectivity index (χ0n) is 43.2. The Morgan fingerprint density at radius 2 is 1.67 bits per heavy atom. The Hall–Kier alpha value is -4.30. The van der Waals surface area contributed by atoms with Gasteiger partial charge in [-0.15, -0.1) is 0 Å². The van der Waals surface area contributed by atoms with Gasteiger partial charge in [0.1, 0.15) is 36.5 Å². The molecule has 1 aromatic heterocycles. The first-order valence-electron chi connectivity index (χ1n) is 25.6. The van der Waals surface area contributed by atoms with E-state index in [4.69, 9.17) is 28.4 Å². The number of fused-ring (bicyclic) bond motifs is 3. The number of halogens is 3. The third-order valence-corrected chi connectivity index (χ3v) is 15.4. The van der Waals surface area contributed by atoms with E-state index in [9.17, 15) is 42.6 Å². The highest BCUT2D eigenvalue weighted by molar-refractivity contribution is 6.39. The van der Waals surface area contributed by atoms with Gasteiger partial charge in [0.05, 0.1) is 48.0 Å². The van der Waals surface area contributed by atoms with Crippen LogP contribution in [0.5, 0.6) is 0 Å². The molecule has 2 saturated heterocycles. The van der Waals surface area contributed by atoms with Crippen LogP contribution < -0.4 is 0 Å². The minimum atomic E-state index is -4.49. The Labute approximate surface area is 421 Å². The number of hydrogen-bond donors (Lipinski definition) is 3. The average molecular weight is 1020 g/mol. The molecule has 18 heteroatoms. The minimum Gasteiger partial charge on any atom is -0.456 e. The second-order valence-corrected chi connectivity index (χ2v) is 20.8. The van der Waals surface area contributed by atoms with Gasteiger partial charge in [0, 0.05) is 57.6 Å². The highest BCUT2D eigenvalue weighted by atomic mass is 19.4. The molecule has 2 aromatic rings. The number of piperidine rings is 1. The second-order valence-electron chi connectivity index (χ2n) is 20.8. The quantitative estimate of drug-likeness (QED) is 0.117. The van der Waals surface area contributed by atoms with Crippen molar-refractivity contribution in [3.05, 3.63) is 65.1 Å². The molecule has 1 aromatic carbocycles. The van der Waals surface area contributed by atoms with E-state index in [0.29, 0.717) is 74.0 Å². The molecule has 1 aliphatic carbocycles. The van der Waals surface area contributed by atoms with E-state index in [-0.39, 0.29) is 62.2 Å². The number of aromatic amines is 1. The first-order valence-corrected chi connectivity index (χ1v) is 25.6. The number of carbonyl (C=O) groups excluding carboxylic acids is 4. The zero-order chi connectivity index (χ0) is 52.7. The number of H-pyrrole nitrogens is 1. The second kappa shape index (κ2) is 24.8. The summed E-state index contributed by atoms with van der Waals surface area (Å²) in [5.74, 6) is -7.56. The number of nitrogens with zero attached hydrogens (tertiary/aromatic N) is 2. The third-order valence-electron chi connectivity index (χ3n) is 15.4. The van der Waals surface area contributed by atoms with Crippen LogP contribution in [-0.2, 0) is 60.4 Å². The predicted octanol–water partition coefficient (Wildman–Crippen LogP) is 8.11. The molecule has 4 aliphatic rings. The van der Waals surface area contributed by atoms with Gasteiger partial charge in [-0.2, -0.15) is 13.2 Å². The van der Waals surface area contributed by atoms with Crippen LogP contribution in [0.15, 0.2) is 53.8 Å². The molecule has 3 fully saturated rings. The number of benzene rings is 1. The summed E-state index contributed by atoms with van der Waals surface area (Å²) in [4.78, 5) is 65.9. The fourth-order valence-electron chi connectivity index (χ4n) is 11.2. The van der Waals surface area contributed by atoms with Crippen LogP contribution in [0.1, 0.15) is 124 Å². The molecule has 2 bridgehead atoms. The van der Waals surface area contributed by atoms with Crippen molar-refractivity contribution in [2.24, 2.45) is 29.6 Å². The molecule has 4 heterocycles. The number of aliphatic hydroxyl groups excluding tert-OH is 1. The van der Waals surface area contributed by atoms with Gasteiger partial charge in [-0.1, -0.05) is 57.6 Å². The fourth-order valence-corrected chi connectivity index (χ4v) is 11.2. The molecule has 3 N–H and O–H groups in total. The summed E-state index contributed by atoms with van der Waals surface area (Å²) in [6.07, 6.45) is 0.257. The summed E-state index contributed by atoms with van der Waals surface area (Å²) in [6.45, 7) is 11.2. The maximum absolute atomic E-state index is 14.6. The van der Waals surface area contributed by atoms with E-state index in [1.54, 1.807) is 33.9 Å². The Morgan fingerprint density at radius 3 is 2.35 bits per heavy atom. The van der Waals surface area contributed by atoms with Gasteiger partial charge in [-0.3, -0.25) is 14.4 Å². The summed E-state index contributed by atoms with van der Waals surface area (Å²) >= 11 is 0. The number of allylic oxidation sites excluding steroid dienone is 3. The summed E-state index contributed by atoms with van der Waals surface area (Å²) < 4.78 is 76.7. The van der Waals surface area contributed by atoms with Crippen molar-refractivity contribution in [3.8, 4) is 11.3 Å². The summed E-state index contributed by atoms with van der Waals surface area (Å²) in [5.41, 5.74) is 1.57. The van der Waals surface area contributed by atoms with Crippen LogP contribution >= 0.6 is 0 Å². The molecule has 3 aliphatic heterocycles. The van der Waals surface area contributed by atoms with Crippen LogP contribution in [0.3, 0.4) is 0 Å². The SMILES string of the molecule is CC[C@@H]1/C=C(\C)C[C@H](C)C[C@H](OC)[C@H]2O[C@@](O)(C(=O)C(=O)N3CCCC[C@H]3C(=O)O[C@H](/C(C)=C/[C@@H]3CC[C@@H](OCc4ncc(-c5cccc(C(F)(F)F)c5)[nH]4)[C@H](OC)C3)[C@H](C)[C@@H](O)CC1=O)[C@H](C)C[C@@H]2OC. The van der Waals surface area contributed by atoms with Crippen LogP contribution in [0.4, 0.5) is 13.2 Å². The van der Waals surface area contributed by atoms with E-state index >= 15 is 0 Å². The molecule has 0 unspecified atom stereocenters. The van der Waals surface area contributed by atoms with Crippen molar-refractivity contribution in [2.75, 3.05) is 27.9 Å². The molecule has 400 valence electrons. The number of hydrogen-bond acceptors (Lipinski definition) is 13. The first kappa shape index (κ1) is 57.0. The van der Waals surface area contributed by atoms with E-state index < -0.39 is 89.5 Å². The standard InChI is InChI=1S/C54H76F3N3O12/c1-10-36-21-30(2)20-31(3)22-45(68-8)49-46(69-9)24-33(5)53(66,72-49)50(63)51(64)60-19-12-11-16-40(60)52(65)71-48(34(6)41(61)27-42(36)62)32(4)23-35-17-18-43(44(25-35)67-7)70-29-47-58-28-39(59-47)37-14-13-15-38(26-37)54(55,56)57/h13-15,21,23,26,28,31,33-36,40-41,43-46,48-49,61,66H,10-12,16-20,22,24-25,27,29H2,1-9H3,(H,58,59)/b30-21+,32-23+/t31-,33+,34+,35-,36+,40-,41-,43+,44+,45-,46-,48+,49+,53+/m0/s1. The number of cyclic esters (lactones) is 1. The van der Waals surface area contributed by atoms with Gasteiger partial charge in [-0.05, 0) is 108 Å². The van der Waals surface area contributed by atoms with Crippen molar-refractivity contribution in [2.45, 2.75) is 180 Å². The number of amides is 1. The Kier molecular flexibility index (Phi) is 19.6. The van der Waals surface area contributed by atoms with Gasteiger partial charge >= 0.3 is 12.1 Å². The highest BCUT2D eigenvalue weighted by Crippen LogP contribution is 2.40. The lowest BCUT2D eigenvalue weighted by molar-refractivity contribution is -0.302. The maximum Gasteiger partial charge on any atom is 0.416 e. The van der Waals surface area contributed by atoms with Crippen LogP contribution in [0.2, 0.25) is 0 Å². The van der Waals surface area contributed by atoms with Gasteiger partial charge in [0.2, 0.25) is 5.79 Å². The summed E-state index contributed by atoms with van der Waals surface area (Å²) in [7, 11) is 4.62. The van der Waals surface area contributed by atoms with E-state index in [1.165, 1.54) is 31.4 Å². The number of alkyl halides is 3. The molecule has 0 spiro atoms. The molecule has 1 saturated carbocycles. The number of imidazole rings is 1. The topological polar surface area (TPSA) is 196 Å². The predicted molar refractivity (Wildman–Crippen MR) is 260 cm³/mol. The van der Waals surface area contributed by atoms with Crippen molar-refractivity contribution in [1.29, 1.82) is 0 Å². The maximum atomic E-state index is 14.6. The van der Waals surface area contributed by atoms with E-state index in [1.807, 2.05) is 32.9 Å². The van der Waals surface area contributed by atoms with Crippen LogP contribution in [-0.4, -0.2) is 131 Å². The number of Topliss-reactive ketones (excluding diaryl/α,β-unsaturated/α-hetero) is 2. The molecule has 72 heavy (non-hydrogen) atoms. The number of aliphatic hydroxyl groups is 2. The Morgan fingerprint density at radius 1 is 0.958 bits per heavy atom. The third kappa shape index (κ3) is 13.5. The molecule has 1 amide bonds. The fraction of sp³-hybridized carbons (Fsp3) is 0.685. The van der Waals surface area contributed by atoms with Gasteiger partial charge in [0.25, 0.3) is 11.7 Å². The minimum absolute atomic E-state index is 0.00168. The average Bonchev–Trinajstić information content (AvgIpc) is 3.84. The molecule has 0 radical (unpaired) electrons. The number of aromatic nitrogens is 2. The van der Waals surface area contributed by atoms with Crippen molar-refractivity contribution in [1.82, 2.24) is 14.9 Å². The van der Waals surface area contributed by atoms with Gasteiger partial charge < -0.3 is 48.5 Å². The number of rotatable bonds is 10. The molecular formula is C54H76F3N3O12. The van der Waals surface area contributed by atoms with Crippen LogP contribution in [0.25, 0.3) is 11.3 Å². The van der Waals surface area contributed by atoms with Crippen molar-refractivity contribution >= 4 is 23.4 Å².